The molecule has 0 atom stereocenters. The Kier molecular flexibility index (Phi) is 5.13. The normalized spacial score (nSPS) is 13.7. The highest BCUT2D eigenvalue weighted by molar-refractivity contribution is 8.00. The quantitative estimate of drug-likeness (QED) is 0.888. The maximum Gasteiger partial charge on any atom is 0.292 e. The van der Waals surface area contributed by atoms with Crippen molar-refractivity contribution in [3.8, 4) is 0 Å². The zero-order valence-corrected chi connectivity index (χ0v) is 15.7. The summed E-state index contributed by atoms with van der Waals surface area (Å²) >= 11 is 1.30. The van der Waals surface area contributed by atoms with Crippen LogP contribution in [-0.4, -0.2) is 33.4 Å². The lowest BCUT2D eigenvalue weighted by molar-refractivity contribution is -0.117. The first kappa shape index (κ1) is 18.2. The number of rotatable bonds is 4. The van der Waals surface area contributed by atoms with E-state index >= 15 is 0 Å². The average molecular weight is 372 g/mol. The van der Waals surface area contributed by atoms with Gasteiger partial charge in [0.2, 0.25) is 11.8 Å². The van der Waals surface area contributed by atoms with Gasteiger partial charge in [-0.05, 0) is 32.4 Å². The maximum absolute atomic E-state index is 12.8. The fourth-order valence-corrected chi connectivity index (χ4v) is 3.68. The number of benzene rings is 1. The van der Waals surface area contributed by atoms with Crippen LogP contribution in [0.4, 0.5) is 11.4 Å². The number of fused-ring (bicyclic) bond motifs is 1. The van der Waals surface area contributed by atoms with Crippen LogP contribution in [0.5, 0.6) is 0 Å². The van der Waals surface area contributed by atoms with Gasteiger partial charge in [0.25, 0.3) is 5.56 Å². The van der Waals surface area contributed by atoms with E-state index in [4.69, 9.17) is 0 Å². The molecule has 7 nitrogen and oxygen atoms in total. The number of nitrogens with one attached hydrogen (secondary N) is 1. The first-order valence-electron chi connectivity index (χ1n) is 8.29. The molecule has 8 heteroatoms. The minimum Gasteiger partial charge on any atom is -0.324 e. The highest BCUT2D eigenvalue weighted by atomic mass is 32.2. The topological polar surface area (TPSA) is 84.3 Å². The number of aromatic nitrogens is 2. The molecule has 1 N–H and O–H groups in total. The van der Waals surface area contributed by atoms with Crippen LogP contribution in [0.15, 0.2) is 40.2 Å². The molecule has 1 aliphatic heterocycles. The van der Waals surface area contributed by atoms with Gasteiger partial charge in [0.05, 0.1) is 16.8 Å². The third-order valence-electron chi connectivity index (χ3n) is 4.07. The summed E-state index contributed by atoms with van der Waals surface area (Å²) in [5, 5.41) is 6.88. The Morgan fingerprint density at radius 1 is 1.31 bits per heavy atom. The number of carbonyl (C=O) groups excluding carboxylic acids is 2. The van der Waals surface area contributed by atoms with Crippen molar-refractivity contribution in [3.63, 3.8) is 0 Å². The highest BCUT2D eigenvalue weighted by Crippen LogP contribution is 2.32. The van der Waals surface area contributed by atoms with Gasteiger partial charge in [0.15, 0.2) is 0 Å². The van der Waals surface area contributed by atoms with Crippen LogP contribution < -0.4 is 15.8 Å². The first-order valence-corrected chi connectivity index (χ1v) is 9.27. The molecule has 1 aromatic carbocycles. The second kappa shape index (κ2) is 7.33. The molecule has 0 saturated heterocycles. The summed E-state index contributed by atoms with van der Waals surface area (Å²) in [6.07, 6.45) is 1.55. The van der Waals surface area contributed by atoms with Gasteiger partial charge in [0, 0.05) is 11.7 Å². The molecule has 3 rings (SSSR count). The van der Waals surface area contributed by atoms with E-state index < -0.39 is 5.56 Å². The minimum absolute atomic E-state index is 0.114. The summed E-state index contributed by atoms with van der Waals surface area (Å²) in [7, 11) is 0. The number of thioether (sulfide) groups is 1. The molecule has 0 saturated carbocycles. The first-order chi connectivity index (χ1) is 12.4. The smallest absolute Gasteiger partial charge is 0.292 e. The van der Waals surface area contributed by atoms with Gasteiger partial charge in [-0.25, -0.2) is 4.68 Å². The minimum atomic E-state index is -0.434. The lowest BCUT2D eigenvalue weighted by atomic mass is 10.2. The van der Waals surface area contributed by atoms with Gasteiger partial charge in [-0.15, -0.1) is 11.8 Å². The van der Waals surface area contributed by atoms with Crippen molar-refractivity contribution in [1.82, 2.24) is 9.78 Å². The Bertz CT molecular complexity index is 923. The molecular weight excluding hydrogens is 352 g/mol. The lowest BCUT2D eigenvalue weighted by Gasteiger charge is -2.31. The number of hydrogen-bond donors (Lipinski definition) is 1. The molecule has 1 aliphatic rings. The summed E-state index contributed by atoms with van der Waals surface area (Å²) < 4.78 is 1.10. The second-order valence-electron chi connectivity index (χ2n) is 6.33. The largest absolute Gasteiger partial charge is 0.324 e. The van der Waals surface area contributed by atoms with Crippen molar-refractivity contribution >= 4 is 35.0 Å². The lowest BCUT2D eigenvalue weighted by Crippen LogP contribution is -2.45. The van der Waals surface area contributed by atoms with Crippen LogP contribution in [0.1, 0.15) is 19.4 Å². The van der Waals surface area contributed by atoms with Gasteiger partial charge in [0.1, 0.15) is 12.2 Å². The number of anilines is 2. The Labute approximate surface area is 155 Å². The molecule has 0 radical (unpaired) electrons. The van der Waals surface area contributed by atoms with Gasteiger partial charge in [-0.2, -0.15) is 5.10 Å². The highest BCUT2D eigenvalue weighted by Gasteiger charge is 2.30. The van der Waals surface area contributed by atoms with E-state index in [-0.39, 0.29) is 30.2 Å². The Hall–Kier alpha value is -2.61. The zero-order chi connectivity index (χ0) is 18.8. The Balaban J connectivity index is 1.88. The standard InChI is InChI=1S/C18H20N4O3S/c1-11(2)22-16(24)10-26-14-8-19-21(18(25)17(14)22)9-15(23)20-13-7-5-4-6-12(13)3/h4-8,11H,9-10H2,1-3H3,(H,20,23). The van der Waals surface area contributed by atoms with Crippen molar-refractivity contribution in [3.05, 3.63) is 46.4 Å². The van der Waals surface area contributed by atoms with E-state index in [9.17, 15) is 14.4 Å². The predicted octanol–water partition coefficient (Wildman–Crippen LogP) is 2.04. The van der Waals surface area contributed by atoms with Gasteiger partial charge >= 0.3 is 0 Å². The summed E-state index contributed by atoms with van der Waals surface area (Å²) in [6.45, 7) is 5.38. The molecule has 0 spiro atoms. The number of aryl methyl sites for hydroxylation is 1. The van der Waals surface area contributed by atoms with Crippen LogP contribution >= 0.6 is 11.8 Å². The summed E-state index contributed by atoms with van der Waals surface area (Å²) in [4.78, 5) is 39.6. The fourth-order valence-electron chi connectivity index (χ4n) is 2.82. The fraction of sp³-hybridized carbons (Fsp3) is 0.333. The van der Waals surface area contributed by atoms with Crippen molar-refractivity contribution in [2.24, 2.45) is 0 Å². The van der Waals surface area contributed by atoms with Crippen LogP contribution in [0.3, 0.4) is 0 Å². The molecule has 2 heterocycles. The Morgan fingerprint density at radius 3 is 2.73 bits per heavy atom. The van der Waals surface area contributed by atoms with Crippen molar-refractivity contribution in [2.45, 2.75) is 38.3 Å². The average Bonchev–Trinajstić information content (AvgIpc) is 2.59. The van der Waals surface area contributed by atoms with Crippen LogP contribution in [-0.2, 0) is 16.1 Å². The van der Waals surface area contributed by atoms with Crippen LogP contribution in [0.2, 0.25) is 0 Å². The Morgan fingerprint density at radius 2 is 2.04 bits per heavy atom. The van der Waals surface area contributed by atoms with E-state index in [1.165, 1.54) is 16.7 Å². The molecule has 136 valence electrons. The van der Waals surface area contributed by atoms with E-state index in [2.05, 4.69) is 10.4 Å². The molecule has 2 amide bonds. The van der Waals surface area contributed by atoms with Gasteiger partial charge < -0.3 is 10.2 Å². The molecule has 1 aromatic heterocycles. The number of carbonyl (C=O) groups is 2. The maximum atomic E-state index is 12.8. The summed E-state index contributed by atoms with van der Waals surface area (Å²) in [5.41, 5.74) is 1.49. The van der Waals surface area contributed by atoms with Crippen molar-refractivity contribution in [1.29, 1.82) is 0 Å². The van der Waals surface area contributed by atoms with Crippen LogP contribution in [0.25, 0.3) is 0 Å². The number of amides is 2. The van der Waals surface area contributed by atoms with E-state index in [1.54, 1.807) is 12.3 Å². The zero-order valence-electron chi connectivity index (χ0n) is 14.9. The molecule has 26 heavy (non-hydrogen) atoms. The molecule has 0 unspecified atom stereocenters. The molecular formula is C18H20N4O3S. The third-order valence-corrected chi connectivity index (χ3v) is 5.08. The SMILES string of the molecule is Cc1ccccc1NC(=O)Cn1ncc2c(c1=O)N(C(C)C)C(=O)CS2. The molecule has 0 fully saturated rings. The van der Waals surface area contributed by atoms with E-state index in [0.29, 0.717) is 16.3 Å². The second-order valence-corrected chi connectivity index (χ2v) is 7.35. The van der Waals surface area contributed by atoms with E-state index in [0.717, 1.165) is 10.2 Å². The number of nitrogens with zero attached hydrogens (tertiary/aromatic N) is 3. The molecule has 2 aromatic rings. The summed E-state index contributed by atoms with van der Waals surface area (Å²) in [5.74, 6) is -0.180. The number of para-hydroxylation sites is 1. The number of hydrogen-bond acceptors (Lipinski definition) is 5. The van der Waals surface area contributed by atoms with Crippen molar-refractivity contribution in [2.75, 3.05) is 16.0 Å². The van der Waals surface area contributed by atoms with E-state index in [1.807, 2.05) is 39.0 Å². The molecule has 0 aliphatic carbocycles. The summed E-state index contributed by atoms with van der Waals surface area (Å²) in [6, 6.07) is 7.26. The third kappa shape index (κ3) is 3.50. The van der Waals surface area contributed by atoms with Gasteiger partial charge in [-0.1, -0.05) is 18.2 Å². The monoisotopic (exact) mass is 372 g/mol. The van der Waals surface area contributed by atoms with Crippen molar-refractivity contribution < 1.29 is 9.59 Å². The van der Waals surface area contributed by atoms with Crippen LogP contribution in [0, 0.1) is 6.92 Å². The molecule has 0 bridgehead atoms. The predicted molar refractivity (Wildman–Crippen MR) is 102 cm³/mol. The van der Waals surface area contributed by atoms with Gasteiger partial charge in [-0.3, -0.25) is 14.4 Å².